The van der Waals surface area contributed by atoms with Crippen LogP contribution in [-0.4, -0.2) is 27.7 Å². The van der Waals surface area contributed by atoms with Gasteiger partial charge in [0, 0.05) is 16.8 Å². The van der Waals surface area contributed by atoms with E-state index in [9.17, 15) is 4.79 Å². The van der Waals surface area contributed by atoms with Crippen molar-refractivity contribution < 1.29 is 4.79 Å². The van der Waals surface area contributed by atoms with Crippen molar-refractivity contribution in [3.05, 3.63) is 16.8 Å². The van der Waals surface area contributed by atoms with Gasteiger partial charge in [0.05, 0.1) is 5.25 Å². The van der Waals surface area contributed by atoms with Gasteiger partial charge in [0.2, 0.25) is 5.91 Å². The van der Waals surface area contributed by atoms with Crippen molar-refractivity contribution in [1.29, 1.82) is 0 Å². The highest BCUT2D eigenvalue weighted by Crippen LogP contribution is 2.40. The lowest BCUT2D eigenvalue weighted by Gasteiger charge is -2.13. The number of amides is 1. The fourth-order valence-corrected chi connectivity index (χ4v) is 4.92. The Bertz CT molecular complexity index is 696. The van der Waals surface area contributed by atoms with Crippen LogP contribution in [-0.2, 0) is 17.6 Å². The number of fused-ring (bicyclic) bond motifs is 3. The average molecular weight is 335 g/mol. The summed E-state index contributed by atoms with van der Waals surface area (Å²) in [6.45, 7) is 6.86. The van der Waals surface area contributed by atoms with Gasteiger partial charge in [0.1, 0.15) is 16.2 Å². The Kier molecular flexibility index (Phi) is 4.68. The predicted molar refractivity (Wildman–Crippen MR) is 92.6 cm³/mol. The van der Waals surface area contributed by atoms with E-state index in [1.165, 1.54) is 22.2 Å². The van der Waals surface area contributed by atoms with Crippen LogP contribution in [0, 0.1) is 5.92 Å². The van der Waals surface area contributed by atoms with E-state index >= 15 is 0 Å². The van der Waals surface area contributed by atoms with Gasteiger partial charge in [-0.3, -0.25) is 4.79 Å². The zero-order chi connectivity index (χ0) is 15.7. The van der Waals surface area contributed by atoms with Crippen molar-refractivity contribution in [2.45, 2.75) is 50.3 Å². The van der Waals surface area contributed by atoms with Crippen LogP contribution < -0.4 is 5.32 Å². The van der Waals surface area contributed by atoms with Gasteiger partial charge < -0.3 is 5.32 Å². The monoisotopic (exact) mass is 335 g/mol. The molecule has 3 rings (SSSR count). The van der Waals surface area contributed by atoms with Gasteiger partial charge >= 0.3 is 0 Å². The lowest BCUT2D eigenvalue weighted by Crippen LogP contribution is -2.33. The zero-order valence-electron chi connectivity index (χ0n) is 13.2. The van der Waals surface area contributed by atoms with Crippen LogP contribution in [0.4, 0.5) is 0 Å². The summed E-state index contributed by atoms with van der Waals surface area (Å²) in [6, 6.07) is 0. The number of rotatable bonds is 5. The molecule has 0 spiro atoms. The third-order valence-corrected chi connectivity index (χ3v) is 6.11. The third kappa shape index (κ3) is 3.13. The van der Waals surface area contributed by atoms with Crippen molar-refractivity contribution in [1.82, 2.24) is 15.3 Å². The first kappa shape index (κ1) is 15.7. The summed E-state index contributed by atoms with van der Waals surface area (Å²) in [6.07, 6.45) is 5.12. The smallest absolute Gasteiger partial charge is 0.233 e. The first-order valence-electron chi connectivity index (χ1n) is 7.76. The van der Waals surface area contributed by atoms with Gasteiger partial charge in [-0.05, 0) is 37.7 Å². The van der Waals surface area contributed by atoms with Crippen LogP contribution in [0.2, 0.25) is 0 Å². The molecule has 6 heteroatoms. The van der Waals surface area contributed by atoms with E-state index in [0.29, 0.717) is 5.92 Å². The van der Waals surface area contributed by atoms with Crippen LogP contribution in [0.3, 0.4) is 0 Å². The number of carbonyl (C=O) groups is 1. The fraction of sp³-hybridized carbons (Fsp3) is 0.562. The summed E-state index contributed by atoms with van der Waals surface area (Å²) >= 11 is 3.33. The van der Waals surface area contributed by atoms with E-state index in [4.69, 9.17) is 0 Å². The van der Waals surface area contributed by atoms with Crippen molar-refractivity contribution in [2.24, 2.45) is 5.92 Å². The molecule has 2 heterocycles. The number of thiophene rings is 1. The first-order valence-corrected chi connectivity index (χ1v) is 9.45. The van der Waals surface area contributed by atoms with Crippen LogP contribution in [0.5, 0.6) is 0 Å². The van der Waals surface area contributed by atoms with Crippen molar-refractivity contribution in [2.75, 3.05) is 6.54 Å². The number of nitrogens with zero attached hydrogens (tertiary/aromatic N) is 2. The van der Waals surface area contributed by atoms with E-state index in [1.807, 2.05) is 6.92 Å². The van der Waals surface area contributed by atoms with E-state index in [0.717, 1.165) is 29.2 Å². The van der Waals surface area contributed by atoms with Crippen molar-refractivity contribution in [3.63, 3.8) is 0 Å². The van der Waals surface area contributed by atoms with Crippen LogP contribution in [0.1, 0.15) is 37.6 Å². The Labute approximate surface area is 139 Å². The second-order valence-electron chi connectivity index (χ2n) is 6.12. The Balaban J connectivity index is 1.80. The molecule has 118 valence electrons. The molecule has 0 bridgehead atoms. The van der Waals surface area contributed by atoms with Crippen molar-refractivity contribution >= 4 is 39.2 Å². The second kappa shape index (κ2) is 6.54. The molecule has 0 saturated heterocycles. The predicted octanol–water partition coefficient (Wildman–Crippen LogP) is 3.43. The van der Waals surface area contributed by atoms with E-state index in [2.05, 4.69) is 29.1 Å². The topological polar surface area (TPSA) is 54.9 Å². The summed E-state index contributed by atoms with van der Waals surface area (Å²) in [7, 11) is 0. The molecule has 0 radical (unpaired) electrons. The standard InChI is InChI=1S/C16H21N3OS2/c1-9(2)7-17-14(20)10(3)21-15-13-11-5-4-6-12(11)22-16(13)19-8-18-15/h8-10H,4-7H2,1-3H3,(H,17,20). The summed E-state index contributed by atoms with van der Waals surface area (Å²) in [4.78, 5) is 23.6. The molecule has 1 atom stereocenters. The minimum atomic E-state index is -0.145. The van der Waals surface area contributed by atoms with Gasteiger partial charge in [-0.2, -0.15) is 0 Å². The summed E-state index contributed by atoms with van der Waals surface area (Å²) < 4.78 is 0. The molecule has 1 unspecified atom stereocenters. The zero-order valence-corrected chi connectivity index (χ0v) is 14.8. The van der Waals surface area contributed by atoms with Gasteiger partial charge in [0.15, 0.2) is 0 Å². The minimum absolute atomic E-state index is 0.0809. The van der Waals surface area contributed by atoms with E-state index < -0.39 is 0 Å². The molecule has 22 heavy (non-hydrogen) atoms. The molecule has 2 aromatic rings. The molecule has 1 aliphatic carbocycles. The largest absolute Gasteiger partial charge is 0.355 e. The molecule has 4 nitrogen and oxygen atoms in total. The SMILES string of the molecule is CC(C)CNC(=O)C(C)Sc1ncnc2sc3c(c12)CCC3. The number of carbonyl (C=O) groups excluding carboxylic acids is 1. The molecule has 0 aliphatic heterocycles. The van der Waals surface area contributed by atoms with Gasteiger partial charge in [0.25, 0.3) is 0 Å². The highest BCUT2D eigenvalue weighted by atomic mass is 32.2. The Hall–Kier alpha value is -1.14. The lowest BCUT2D eigenvalue weighted by atomic mass is 10.2. The van der Waals surface area contributed by atoms with Crippen LogP contribution >= 0.6 is 23.1 Å². The molecule has 2 aromatic heterocycles. The Morgan fingerprint density at radius 2 is 2.18 bits per heavy atom. The molecule has 1 aliphatic rings. The fourth-order valence-electron chi connectivity index (χ4n) is 2.66. The molecule has 1 amide bonds. The maximum absolute atomic E-state index is 12.2. The molecule has 0 aromatic carbocycles. The van der Waals surface area contributed by atoms with Crippen LogP contribution in [0.15, 0.2) is 11.4 Å². The number of nitrogens with one attached hydrogen (secondary N) is 1. The first-order chi connectivity index (χ1) is 10.6. The Morgan fingerprint density at radius 3 is 2.95 bits per heavy atom. The molecule has 0 fully saturated rings. The number of hydrogen-bond acceptors (Lipinski definition) is 5. The third-order valence-electron chi connectivity index (χ3n) is 3.81. The average Bonchev–Trinajstić information content (AvgIpc) is 3.05. The normalized spacial score (nSPS) is 15.3. The summed E-state index contributed by atoms with van der Waals surface area (Å²) in [5.41, 5.74) is 1.41. The van der Waals surface area contributed by atoms with Crippen molar-refractivity contribution in [3.8, 4) is 0 Å². The maximum atomic E-state index is 12.2. The highest BCUT2D eigenvalue weighted by molar-refractivity contribution is 8.00. The lowest BCUT2D eigenvalue weighted by molar-refractivity contribution is -0.120. The number of hydrogen-bond donors (Lipinski definition) is 1. The summed E-state index contributed by atoms with van der Waals surface area (Å²) in [5.74, 6) is 0.546. The van der Waals surface area contributed by atoms with Gasteiger partial charge in [-0.1, -0.05) is 25.6 Å². The van der Waals surface area contributed by atoms with E-state index in [-0.39, 0.29) is 11.2 Å². The highest BCUT2D eigenvalue weighted by Gasteiger charge is 2.23. The molecular formula is C16H21N3OS2. The Morgan fingerprint density at radius 1 is 1.36 bits per heavy atom. The summed E-state index contributed by atoms with van der Waals surface area (Å²) in [5, 5.41) is 4.99. The quantitative estimate of drug-likeness (QED) is 0.672. The van der Waals surface area contributed by atoms with Crippen LogP contribution in [0.25, 0.3) is 10.2 Å². The number of aromatic nitrogens is 2. The minimum Gasteiger partial charge on any atom is -0.355 e. The molecule has 1 N–H and O–H groups in total. The number of aryl methyl sites for hydroxylation is 2. The maximum Gasteiger partial charge on any atom is 0.233 e. The van der Waals surface area contributed by atoms with Gasteiger partial charge in [-0.15, -0.1) is 11.3 Å². The van der Waals surface area contributed by atoms with E-state index in [1.54, 1.807) is 29.4 Å². The van der Waals surface area contributed by atoms with Gasteiger partial charge in [-0.25, -0.2) is 9.97 Å². The number of thioether (sulfide) groups is 1. The molecule has 0 saturated carbocycles. The second-order valence-corrected chi connectivity index (χ2v) is 8.53. The molecular weight excluding hydrogens is 314 g/mol.